The van der Waals surface area contributed by atoms with Gasteiger partial charge in [0.05, 0.1) is 0 Å². The van der Waals surface area contributed by atoms with Crippen molar-refractivity contribution in [2.45, 2.75) is 52.5 Å². The fourth-order valence-corrected chi connectivity index (χ4v) is 4.00. The minimum absolute atomic E-state index is 0.554. The van der Waals surface area contributed by atoms with Gasteiger partial charge >= 0.3 is 0 Å². The summed E-state index contributed by atoms with van der Waals surface area (Å²) in [5.74, 6) is 0. The van der Waals surface area contributed by atoms with Crippen molar-refractivity contribution in [3.8, 4) is 0 Å². The van der Waals surface area contributed by atoms with E-state index >= 15 is 0 Å². The van der Waals surface area contributed by atoms with Crippen LogP contribution in [0.1, 0.15) is 45.2 Å². The average Bonchev–Trinajstić information content (AvgIpc) is 2.67. The van der Waals surface area contributed by atoms with Crippen LogP contribution in [0.3, 0.4) is 0 Å². The summed E-state index contributed by atoms with van der Waals surface area (Å²) in [7, 11) is 0. The molecule has 1 aromatic heterocycles. The van der Waals surface area contributed by atoms with Crippen LogP contribution >= 0.6 is 0 Å². The molecule has 0 amide bonds. The minimum atomic E-state index is 0.554. The fraction of sp³-hybridized carbons (Fsp3) is 0.722. The molecule has 1 aliphatic heterocycles. The second-order valence-electron chi connectivity index (χ2n) is 7.59. The lowest BCUT2D eigenvalue weighted by Gasteiger charge is -2.29. The standard InChI is InChI=1S/C18H29N3/c1-15-13-16(6-8-19-15)20-9-4-10-21(12-11-20)17-5-7-18(2,3)14-17/h6,8,13,17H,4-5,7,9-12,14H2,1-3H3. The molecule has 2 aliphatic rings. The zero-order valence-corrected chi connectivity index (χ0v) is 13.8. The lowest BCUT2D eigenvalue weighted by Crippen LogP contribution is -2.37. The molecule has 0 N–H and O–H groups in total. The second kappa shape index (κ2) is 5.96. The Morgan fingerprint density at radius 2 is 2.05 bits per heavy atom. The van der Waals surface area contributed by atoms with Gasteiger partial charge in [-0.1, -0.05) is 13.8 Å². The number of aryl methyl sites for hydroxylation is 1. The molecule has 21 heavy (non-hydrogen) atoms. The van der Waals surface area contributed by atoms with Crippen molar-refractivity contribution in [1.29, 1.82) is 0 Å². The van der Waals surface area contributed by atoms with Gasteiger partial charge in [-0.05, 0) is 50.2 Å². The quantitative estimate of drug-likeness (QED) is 0.830. The number of anilines is 1. The highest BCUT2D eigenvalue weighted by Crippen LogP contribution is 2.39. The Labute approximate surface area is 129 Å². The second-order valence-corrected chi connectivity index (χ2v) is 7.59. The molecule has 1 saturated heterocycles. The summed E-state index contributed by atoms with van der Waals surface area (Å²) < 4.78 is 0. The van der Waals surface area contributed by atoms with Crippen LogP contribution in [-0.4, -0.2) is 42.1 Å². The summed E-state index contributed by atoms with van der Waals surface area (Å²) in [5, 5.41) is 0. The molecule has 1 saturated carbocycles. The lowest BCUT2D eigenvalue weighted by atomic mass is 9.91. The van der Waals surface area contributed by atoms with Gasteiger partial charge in [0.1, 0.15) is 0 Å². The molecular formula is C18H29N3. The predicted octanol–water partition coefficient (Wildman–Crippen LogP) is 3.48. The van der Waals surface area contributed by atoms with E-state index in [0.29, 0.717) is 5.41 Å². The lowest BCUT2D eigenvalue weighted by molar-refractivity contribution is 0.199. The Morgan fingerprint density at radius 1 is 1.19 bits per heavy atom. The minimum Gasteiger partial charge on any atom is -0.370 e. The molecular weight excluding hydrogens is 258 g/mol. The van der Waals surface area contributed by atoms with Gasteiger partial charge in [-0.2, -0.15) is 0 Å². The number of nitrogens with zero attached hydrogens (tertiary/aromatic N) is 3. The third kappa shape index (κ3) is 3.57. The van der Waals surface area contributed by atoms with Crippen LogP contribution in [-0.2, 0) is 0 Å². The van der Waals surface area contributed by atoms with E-state index in [2.05, 4.69) is 47.7 Å². The summed E-state index contributed by atoms with van der Waals surface area (Å²) in [5.41, 5.74) is 3.01. The first-order valence-corrected chi connectivity index (χ1v) is 8.45. The summed E-state index contributed by atoms with van der Waals surface area (Å²) in [6.45, 7) is 11.7. The van der Waals surface area contributed by atoms with Crippen molar-refractivity contribution in [3.05, 3.63) is 24.0 Å². The van der Waals surface area contributed by atoms with Crippen LogP contribution in [0.25, 0.3) is 0 Å². The van der Waals surface area contributed by atoms with E-state index in [1.54, 1.807) is 0 Å². The van der Waals surface area contributed by atoms with Crippen molar-refractivity contribution in [3.63, 3.8) is 0 Å². The molecule has 3 rings (SSSR count). The van der Waals surface area contributed by atoms with Crippen molar-refractivity contribution < 1.29 is 0 Å². The molecule has 0 bridgehead atoms. The van der Waals surface area contributed by atoms with E-state index in [9.17, 15) is 0 Å². The van der Waals surface area contributed by atoms with E-state index in [1.165, 1.54) is 51.0 Å². The maximum Gasteiger partial charge on any atom is 0.0400 e. The summed E-state index contributed by atoms with van der Waals surface area (Å²) >= 11 is 0. The van der Waals surface area contributed by atoms with Crippen LogP contribution in [0.15, 0.2) is 18.3 Å². The normalized spacial score (nSPS) is 26.8. The van der Waals surface area contributed by atoms with Crippen LogP contribution in [0, 0.1) is 12.3 Å². The third-order valence-electron chi connectivity index (χ3n) is 5.23. The number of rotatable bonds is 2. The molecule has 1 unspecified atom stereocenters. The van der Waals surface area contributed by atoms with Gasteiger partial charge < -0.3 is 4.90 Å². The summed E-state index contributed by atoms with van der Waals surface area (Å²) in [4.78, 5) is 9.60. The highest BCUT2D eigenvalue weighted by atomic mass is 15.2. The molecule has 1 atom stereocenters. The van der Waals surface area contributed by atoms with Crippen molar-refractivity contribution in [1.82, 2.24) is 9.88 Å². The van der Waals surface area contributed by atoms with Crippen LogP contribution < -0.4 is 4.90 Å². The van der Waals surface area contributed by atoms with Gasteiger partial charge in [-0.25, -0.2) is 0 Å². The Balaban J connectivity index is 1.62. The molecule has 116 valence electrons. The zero-order valence-electron chi connectivity index (χ0n) is 13.8. The van der Waals surface area contributed by atoms with Gasteiger partial charge in [0, 0.05) is 49.8 Å². The number of pyridine rings is 1. The number of hydrogen-bond acceptors (Lipinski definition) is 3. The Kier molecular flexibility index (Phi) is 4.21. The third-order valence-corrected chi connectivity index (χ3v) is 5.23. The highest BCUT2D eigenvalue weighted by molar-refractivity contribution is 5.46. The highest BCUT2D eigenvalue weighted by Gasteiger charge is 2.34. The van der Waals surface area contributed by atoms with Crippen LogP contribution in [0.5, 0.6) is 0 Å². The zero-order chi connectivity index (χ0) is 14.9. The molecule has 2 fully saturated rings. The van der Waals surface area contributed by atoms with E-state index in [4.69, 9.17) is 0 Å². The number of aromatic nitrogens is 1. The average molecular weight is 287 g/mol. The van der Waals surface area contributed by atoms with E-state index in [0.717, 1.165) is 18.3 Å². The maximum atomic E-state index is 4.31. The van der Waals surface area contributed by atoms with E-state index < -0.39 is 0 Å². The van der Waals surface area contributed by atoms with Gasteiger partial charge in [-0.3, -0.25) is 9.88 Å². The Morgan fingerprint density at radius 3 is 2.76 bits per heavy atom. The monoisotopic (exact) mass is 287 g/mol. The van der Waals surface area contributed by atoms with E-state index in [1.807, 2.05) is 6.20 Å². The molecule has 1 aliphatic carbocycles. The van der Waals surface area contributed by atoms with Gasteiger partial charge in [0.2, 0.25) is 0 Å². The Hall–Kier alpha value is -1.09. The van der Waals surface area contributed by atoms with E-state index in [-0.39, 0.29) is 0 Å². The maximum absolute atomic E-state index is 4.31. The first kappa shape index (κ1) is 14.8. The predicted molar refractivity (Wildman–Crippen MR) is 88.8 cm³/mol. The molecule has 0 aromatic carbocycles. The fourth-order valence-electron chi connectivity index (χ4n) is 4.00. The van der Waals surface area contributed by atoms with Crippen molar-refractivity contribution in [2.75, 3.05) is 31.1 Å². The van der Waals surface area contributed by atoms with Gasteiger partial charge in [0.25, 0.3) is 0 Å². The SMILES string of the molecule is Cc1cc(N2CCCN(C3CCC(C)(C)C3)CC2)ccn1. The largest absolute Gasteiger partial charge is 0.370 e. The number of hydrogen-bond donors (Lipinski definition) is 0. The summed E-state index contributed by atoms with van der Waals surface area (Å²) in [6, 6.07) is 5.19. The van der Waals surface area contributed by atoms with Gasteiger partial charge in [-0.15, -0.1) is 0 Å². The Bertz CT molecular complexity index is 483. The molecule has 0 spiro atoms. The first-order valence-electron chi connectivity index (χ1n) is 8.45. The molecule has 0 radical (unpaired) electrons. The molecule has 1 aromatic rings. The topological polar surface area (TPSA) is 19.4 Å². The van der Waals surface area contributed by atoms with Crippen LogP contribution in [0.2, 0.25) is 0 Å². The molecule has 3 nitrogen and oxygen atoms in total. The van der Waals surface area contributed by atoms with Gasteiger partial charge in [0.15, 0.2) is 0 Å². The van der Waals surface area contributed by atoms with Crippen LogP contribution in [0.4, 0.5) is 5.69 Å². The van der Waals surface area contributed by atoms with Crippen molar-refractivity contribution >= 4 is 5.69 Å². The first-order chi connectivity index (χ1) is 10.0. The molecule has 2 heterocycles. The summed E-state index contributed by atoms with van der Waals surface area (Å²) in [6.07, 6.45) is 7.37. The van der Waals surface area contributed by atoms with Crippen molar-refractivity contribution in [2.24, 2.45) is 5.41 Å². The smallest absolute Gasteiger partial charge is 0.0400 e. The molecule has 3 heteroatoms.